The van der Waals surface area contributed by atoms with Crippen LogP contribution >= 0.6 is 0 Å². The van der Waals surface area contributed by atoms with Gasteiger partial charge in [0, 0.05) is 45.1 Å². The number of piperazine rings is 1. The number of imide groups is 1. The molecule has 2 aliphatic heterocycles. The predicted molar refractivity (Wildman–Crippen MR) is 117 cm³/mol. The Morgan fingerprint density at radius 3 is 1.84 bits per heavy atom. The molecular weight excluding hydrogens is 390 g/mol. The largest absolute Gasteiger partial charge is 0.338 e. The highest BCUT2D eigenvalue weighted by atomic mass is 16.2. The fourth-order valence-electron chi connectivity index (χ4n) is 4.22. The second-order valence-corrected chi connectivity index (χ2v) is 7.82. The molecule has 1 saturated heterocycles. The second kappa shape index (κ2) is 8.28. The van der Waals surface area contributed by atoms with Gasteiger partial charge < -0.3 is 4.90 Å². The normalized spacial score (nSPS) is 16.6. The van der Waals surface area contributed by atoms with E-state index in [-0.39, 0.29) is 11.8 Å². The standard InChI is InChI=1S/C24H23N5O2/c30-22-20-8-3-4-9-21(20)23(31)29(22)17-19-7-2-1-6-18(19)16-27-12-14-28(15-13-27)24-25-10-5-11-26-24/h1-11H,12-17H2. The Hall–Kier alpha value is -3.58. The maximum absolute atomic E-state index is 12.8. The number of rotatable bonds is 5. The van der Waals surface area contributed by atoms with Crippen molar-refractivity contribution in [2.45, 2.75) is 13.1 Å². The van der Waals surface area contributed by atoms with E-state index in [0.29, 0.717) is 17.7 Å². The molecule has 0 unspecified atom stereocenters. The van der Waals surface area contributed by atoms with Crippen LogP contribution in [0.3, 0.4) is 0 Å². The monoisotopic (exact) mass is 413 g/mol. The number of hydrogen-bond donors (Lipinski definition) is 0. The topological polar surface area (TPSA) is 69.6 Å². The van der Waals surface area contributed by atoms with Crippen LogP contribution in [-0.4, -0.2) is 57.8 Å². The van der Waals surface area contributed by atoms with E-state index in [2.05, 4.69) is 25.8 Å². The van der Waals surface area contributed by atoms with Gasteiger partial charge in [-0.05, 0) is 29.3 Å². The van der Waals surface area contributed by atoms with Crippen LogP contribution in [0.5, 0.6) is 0 Å². The molecular formula is C24H23N5O2. The first-order chi connectivity index (χ1) is 15.2. The third-order valence-electron chi connectivity index (χ3n) is 5.93. The number of carbonyl (C=O) groups is 2. The van der Waals surface area contributed by atoms with Gasteiger partial charge in [0.1, 0.15) is 0 Å². The Balaban J connectivity index is 1.27. The SMILES string of the molecule is O=C1c2ccccc2C(=O)N1Cc1ccccc1CN1CCN(c2ncccn2)CC1. The van der Waals surface area contributed by atoms with Crippen molar-refractivity contribution in [3.63, 3.8) is 0 Å². The van der Waals surface area contributed by atoms with Crippen LogP contribution in [0.1, 0.15) is 31.8 Å². The minimum Gasteiger partial charge on any atom is -0.338 e. The number of hydrogen-bond acceptors (Lipinski definition) is 6. The average Bonchev–Trinajstić information content (AvgIpc) is 3.06. The lowest BCUT2D eigenvalue weighted by molar-refractivity contribution is 0.0641. The first-order valence-corrected chi connectivity index (χ1v) is 10.5. The molecule has 0 radical (unpaired) electrons. The Morgan fingerprint density at radius 1 is 0.677 bits per heavy atom. The van der Waals surface area contributed by atoms with Crippen molar-refractivity contribution >= 4 is 17.8 Å². The van der Waals surface area contributed by atoms with Gasteiger partial charge in [-0.1, -0.05) is 36.4 Å². The van der Waals surface area contributed by atoms with E-state index in [9.17, 15) is 9.59 Å². The van der Waals surface area contributed by atoms with Crippen LogP contribution in [0.15, 0.2) is 67.0 Å². The maximum Gasteiger partial charge on any atom is 0.261 e. The summed E-state index contributed by atoms with van der Waals surface area (Å²) in [7, 11) is 0. The Labute approximate surface area is 180 Å². The summed E-state index contributed by atoms with van der Waals surface area (Å²) in [6.07, 6.45) is 3.54. The van der Waals surface area contributed by atoms with Crippen LogP contribution < -0.4 is 4.90 Å². The molecule has 2 aromatic carbocycles. The predicted octanol–water partition coefficient (Wildman–Crippen LogP) is 2.60. The molecule has 0 N–H and O–H groups in total. The van der Waals surface area contributed by atoms with E-state index in [1.54, 1.807) is 36.7 Å². The summed E-state index contributed by atoms with van der Waals surface area (Å²) in [6.45, 7) is 4.61. The number of aromatic nitrogens is 2. The minimum atomic E-state index is -0.216. The summed E-state index contributed by atoms with van der Waals surface area (Å²) >= 11 is 0. The highest BCUT2D eigenvalue weighted by molar-refractivity contribution is 6.21. The average molecular weight is 413 g/mol. The molecule has 3 aromatic rings. The summed E-state index contributed by atoms with van der Waals surface area (Å²) in [4.78, 5) is 40.1. The van der Waals surface area contributed by atoms with Crippen LogP contribution in [0.4, 0.5) is 5.95 Å². The third kappa shape index (κ3) is 3.80. The molecule has 3 heterocycles. The first kappa shape index (κ1) is 19.4. The quantitative estimate of drug-likeness (QED) is 0.599. The zero-order valence-corrected chi connectivity index (χ0v) is 17.1. The van der Waals surface area contributed by atoms with Crippen molar-refractivity contribution in [2.75, 3.05) is 31.1 Å². The van der Waals surface area contributed by atoms with Crippen molar-refractivity contribution < 1.29 is 9.59 Å². The lowest BCUT2D eigenvalue weighted by atomic mass is 10.1. The van der Waals surface area contributed by atoms with E-state index >= 15 is 0 Å². The molecule has 1 fully saturated rings. The van der Waals surface area contributed by atoms with Crippen LogP contribution in [0, 0.1) is 0 Å². The number of fused-ring (bicyclic) bond motifs is 1. The third-order valence-corrected chi connectivity index (χ3v) is 5.93. The number of anilines is 1. The van der Waals surface area contributed by atoms with Gasteiger partial charge in [0.05, 0.1) is 17.7 Å². The van der Waals surface area contributed by atoms with Crippen molar-refractivity contribution in [1.82, 2.24) is 19.8 Å². The molecule has 0 saturated carbocycles. The van der Waals surface area contributed by atoms with E-state index in [1.165, 1.54) is 4.90 Å². The zero-order chi connectivity index (χ0) is 21.2. The Morgan fingerprint density at radius 2 is 1.23 bits per heavy atom. The van der Waals surface area contributed by atoms with E-state index in [4.69, 9.17) is 0 Å². The fraction of sp³-hybridized carbons (Fsp3) is 0.250. The van der Waals surface area contributed by atoms with Gasteiger partial charge in [-0.3, -0.25) is 19.4 Å². The van der Waals surface area contributed by atoms with Gasteiger partial charge in [0.2, 0.25) is 5.95 Å². The molecule has 0 aliphatic carbocycles. The lowest BCUT2D eigenvalue weighted by Crippen LogP contribution is -2.46. The number of benzene rings is 2. The van der Waals surface area contributed by atoms with Gasteiger partial charge in [0.25, 0.3) is 11.8 Å². The van der Waals surface area contributed by atoms with E-state index in [1.807, 2.05) is 24.3 Å². The molecule has 2 amide bonds. The molecule has 0 spiro atoms. The molecule has 0 atom stereocenters. The molecule has 2 aliphatic rings. The van der Waals surface area contributed by atoms with Crippen LogP contribution in [-0.2, 0) is 13.1 Å². The van der Waals surface area contributed by atoms with Crippen LogP contribution in [0.25, 0.3) is 0 Å². The summed E-state index contributed by atoms with van der Waals surface area (Å²) < 4.78 is 0. The number of nitrogens with zero attached hydrogens (tertiary/aromatic N) is 5. The summed E-state index contributed by atoms with van der Waals surface area (Å²) in [5.74, 6) is 0.340. The smallest absolute Gasteiger partial charge is 0.261 e. The molecule has 7 heteroatoms. The van der Waals surface area contributed by atoms with Crippen molar-refractivity contribution in [1.29, 1.82) is 0 Å². The number of amides is 2. The summed E-state index contributed by atoms with van der Waals surface area (Å²) in [6, 6.07) is 16.9. The van der Waals surface area contributed by atoms with Gasteiger partial charge in [-0.2, -0.15) is 0 Å². The first-order valence-electron chi connectivity index (χ1n) is 10.5. The fourth-order valence-corrected chi connectivity index (χ4v) is 4.22. The van der Waals surface area contributed by atoms with Crippen molar-refractivity contribution in [3.05, 3.63) is 89.2 Å². The highest BCUT2D eigenvalue weighted by Crippen LogP contribution is 2.25. The zero-order valence-electron chi connectivity index (χ0n) is 17.1. The van der Waals surface area contributed by atoms with Gasteiger partial charge in [0.15, 0.2) is 0 Å². The molecule has 31 heavy (non-hydrogen) atoms. The van der Waals surface area contributed by atoms with E-state index < -0.39 is 0 Å². The molecule has 156 valence electrons. The lowest BCUT2D eigenvalue weighted by Gasteiger charge is -2.35. The van der Waals surface area contributed by atoms with Gasteiger partial charge in [-0.15, -0.1) is 0 Å². The van der Waals surface area contributed by atoms with Crippen molar-refractivity contribution in [3.8, 4) is 0 Å². The maximum atomic E-state index is 12.8. The minimum absolute atomic E-state index is 0.216. The van der Waals surface area contributed by atoms with Gasteiger partial charge in [-0.25, -0.2) is 9.97 Å². The van der Waals surface area contributed by atoms with E-state index in [0.717, 1.165) is 49.8 Å². The molecule has 1 aromatic heterocycles. The Bertz CT molecular complexity index is 1070. The summed E-state index contributed by atoms with van der Waals surface area (Å²) in [5.41, 5.74) is 3.13. The van der Waals surface area contributed by atoms with Crippen LogP contribution in [0.2, 0.25) is 0 Å². The summed E-state index contributed by atoms with van der Waals surface area (Å²) in [5, 5.41) is 0. The number of carbonyl (C=O) groups excluding carboxylic acids is 2. The highest BCUT2D eigenvalue weighted by Gasteiger charge is 2.35. The Kier molecular flexibility index (Phi) is 5.18. The molecule has 5 rings (SSSR count). The molecule has 7 nitrogen and oxygen atoms in total. The molecule has 0 bridgehead atoms. The second-order valence-electron chi connectivity index (χ2n) is 7.82. The van der Waals surface area contributed by atoms with Crippen molar-refractivity contribution in [2.24, 2.45) is 0 Å². The van der Waals surface area contributed by atoms with Gasteiger partial charge >= 0.3 is 0 Å².